The zero-order valence-electron chi connectivity index (χ0n) is 19.5. The maximum atomic E-state index is 14.6. The van der Waals surface area contributed by atoms with E-state index in [0.717, 1.165) is 25.1 Å². The largest absolute Gasteiger partial charge is 0.417 e. The SMILES string of the molecule is Cc1c(F)ccc(-c2ncccn2)c1C(=O)N1CCC[C@@H](C)[C@H]1CCc1ccc(C(F)(F)F)cn1. The van der Waals surface area contributed by atoms with Crippen molar-refractivity contribution in [1.82, 2.24) is 19.9 Å². The summed E-state index contributed by atoms with van der Waals surface area (Å²) < 4.78 is 53.1. The fourth-order valence-electron chi connectivity index (χ4n) is 4.71. The van der Waals surface area contributed by atoms with Crippen LogP contribution in [0.15, 0.2) is 48.9 Å². The highest BCUT2D eigenvalue weighted by Crippen LogP contribution is 2.33. The maximum absolute atomic E-state index is 14.6. The van der Waals surface area contributed by atoms with Gasteiger partial charge in [0.25, 0.3) is 5.91 Å². The summed E-state index contributed by atoms with van der Waals surface area (Å²) in [5.41, 5.74) is 0.685. The number of likely N-dealkylation sites (tertiary alicyclic amines) is 1. The normalized spacial score (nSPS) is 18.5. The lowest BCUT2D eigenvalue weighted by atomic mass is 9.86. The summed E-state index contributed by atoms with van der Waals surface area (Å²) in [6, 6.07) is 6.75. The van der Waals surface area contributed by atoms with Crippen molar-refractivity contribution in [3.63, 3.8) is 0 Å². The number of piperidine rings is 1. The van der Waals surface area contributed by atoms with Crippen LogP contribution in [0.25, 0.3) is 11.4 Å². The van der Waals surface area contributed by atoms with Crippen molar-refractivity contribution in [2.45, 2.75) is 51.7 Å². The highest BCUT2D eigenvalue weighted by Gasteiger charge is 2.35. The van der Waals surface area contributed by atoms with Gasteiger partial charge in [0.05, 0.1) is 11.1 Å². The van der Waals surface area contributed by atoms with Gasteiger partial charge in [-0.3, -0.25) is 9.78 Å². The van der Waals surface area contributed by atoms with E-state index in [4.69, 9.17) is 0 Å². The molecule has 0 saturated carbocycles. The quantitative estimate of drug-likeness (QED) is 0.423. The smallest absolute Gasteiger partial charge is 0.335 e. The monoisotopic (exact) mass is 486 g/mol. The zero-order valence-corrected chi connectivity index (χ0v) is 19.5. The number of amides is 1. The third-order valence-electron chi connectivity index (χ3n) is 6.64. The molecule has 4 rings (SSSR count). The van der Waals surface area contributed by atoms with E-state index in [1.165, 1.54) is 18.2 Å². The second-order valence-electron chi connectivity index (χ2n) is 8.93. The van der Waals surface area contributed by atoms with Crippen molar-refractivity contribution in [3.8, 4) is 11.4 Å². The van der Waals surface area contributed by atoms with Gasteiger partial charge in [-0.05, 0) is 74.4 Å². The third-order valence-corrected chi connectivity index (χ3v) is 6.64. The molecule has 0 unspecified atom stereocenters. The van der Waals surface area contributed by atoms with Gasteiger partial charge in [0.2, 0.25) is 0 Å². The van der Waals surface area contributed by atoms with Gasteiger partial charge in [-0.15, -0.1) is 0 Å². The standard InChI is InChI=1S/C26H26F4N4O/c1-16-5-3-14-34(22(16)11-8-19-7-6-18(15-33-19)26(28,29)30)25(35)23-17(2)21(27)10-9-20(23)24-31-12-4-13-32-24/h4,6-7,9-10,12-13,15-16,22H,3,5,8,11,14H2,1-2H3/t16-,22-/m1/s1. The Hall–Kier alpha value is -3.36. The van der Waals surface area contributed by atoms with Crippen LogP contribution in [-0.4, -0.2) is 38.3 Å². The van der Waals surface area contributed by atoms with E-state index in [2.05, 4.69) is 21.9 Å². The van der Waals surface area contributed by atoms with E-state index in [1.54, 1.807) is 30.3 Å². The predicted molar refractivity (Wildman–Crippen MR) is 123 cm³/mol. The summed E-state index contributed by atoms with van der Waals surface area (Å²) >= 11 is 0. The predicted octanol–water partition coefficient (Wildman–Crippen LogP) is 5.88. The molecular weight excluding hydrogens is 460 g/mol. The number of halogens is 4. The van der Waals surface area contributed by atoms with Crippen LogP contribution in [0, 0.1) is 18.7 Å². The van der Waals surface area contributed by atoms with E-state index in [-0.39, 0.29) is 29.0 Å². The van der Waals surface area contributed by atoms with Gasteiger partial charge >= 0.3 is 6.18 Å². The van der Waals surface area contributed by atoms with Crippen molar-refractivity contribution >= 4 is 5.91 Å². The van der Waals surface area contributed by atoms with Crippen LogP contribution >= 0.6 is 0 Å². The van der Waals surface area contributed by atoms with Crippen LogP contribution in [0.3, 0.4) is 0 Å². The molecular formula is C26H26F4N4O. The summed E-state index contributed by atoms with van der Waals surface area (Å²) in [5.74, 6) is -0.257. The van der Waals surface area contributed by atoms with Gasteiger partial charge in [0.15, 0.2) is 5.82 Å². The number of aryl methyl sites for hydroxylation is 1. The molecule has 184 valence electrons. The van der Waals surface area contributed by atoms with Gasteiger partial charge < -0.3 is 4.90 Å². The molecule has 3 aromatic rings. The molecule has 1 saturated heterocycles. The Labute approximate surface area is 201 Å². The second kappa shape index (κ2) is 10.1. The molecule has 0 spiro atoms. The average molecular weight is 487 g/mol. The molecule has 2 aromatic heterocycles. The molecule has 1 fully saturated rings. The highest BCUT2D eigenvalue weighted by molar-refractivity contribution is 6.01. The molecule has 9 heteroatoms. The Balaban J connectivity index is 1.61. The molecule has 5 nitrogen and oxygen atoms in total. The van der Waals surface area contributed by atoms with Crippen molar-refractivity contribution in [3.05, 3.63) is 77.1 Å². The number of hydrogen-bond acceptors (Lipinski definition) is 4. The van der Waals surface area contributed by atoms with Gasteiger partial charge in [-0.2, -0.15) is 13.2 Å². The zero-order chi connectivity index (χ0) is 25.2. The molecule has 0 N–H and O–H groups in total. The number of carbonyl (C=O) groups is 1. The maximum Gasteiger partial charge on any atom is 0.417 e. The first-order valence-electron chi connectivity index (χ1n) is 11.6. The van der Waals surface area contributed by atoms with Crippen molar-refractivity contribution < 1.29 is 22.4 Å². The van der Waals surface area contributed by atoms with E-state index >= 15 is 0 Å². The Morgan fingerprint density at radius 1 is 1.11 bits per heavy atom. The molecule has 1 amide bonds. The number of carbonyl (C=O) groups excluding carboxylic acids is 1. The van der Waals surface area contributed by atoms with Crippen LogP contribution in [0.4, 0.5) is 17.6 Å². The summed E-state index contributed by atoms with van der Waals surface area (Å²) in [4.78, 5) is 28.1. The second-order valence-corrected chi connectivity index (χ2v) is 8.93. The lowest BCUT2D eigenvalue weighted by Gasteiger charge is -2.40. The number of benzene rings is 1. The van der Waals surface area contributed by atoms with E-state index < -0.39 is 17.6 Å². The molecule has 0 bridgehead atoms. The van der Waals surface area contributed by atoms with Gasteiger partial charge in [0, 0.05) is 42.4 Å². The van der Waals surface area contributed by atoms with Crippen molar-refractivity contribution in [2.75, 3.05) is 6.54 Å². The summed E-state index contributed by atoms with van der Waals surface area (Å²) in [6.07, 6.45) is 2.24. The minimum atomic E-state index is -4.43. The minimum absolute atomic E-state index is 0.160. The van der Waals surface area contributed by atoms with Gasteiger partial charge in [-0.1, -0.05) is 6.92 Å². The first-order valence-corrected chi connectivity index (χ1v) is 11.6. The fraction of sp³-hybridized carbons (Fsp3) is 0.385. The number of pyridine rings is 1. The summed E-state index contributed by atoms with van der Waals surface area (Å²) in [6.45, 7) is 4.15. The summed E-state index contributed by atoms with van der Waals surface area (Å²) in [7, 11) is 0. The Kier molecular flexibility index (Phi) is 7.14. The Morgan fingerprint density at radius 3 is 2.51 bits per heavy atom. The van der Waals surface area contributed by atoms with Crippen LogP contribution in [0.5, 0.6) is 0 Å². The molecule has 1 aliphatic heterocycles. The van der Waals surface area contributed by atoms with Gasteiger partial charge in [-0.25, -0.2) is 14.4 Å². The van der Waals surface area contributed by atoms with E-state index in [0.29, 0.717) is 36.5 Å². The van der Waals surface area contributed by atoms with Crippen molar-refractivity contribution in [1.29, 1.82) is 0 Å². The first-order chi connectivity index (χ1) is 16.7. The Bertz CT molecular complexity index is 1180. The van der Waals surface area contributed by atoms with Gasteiger partial charge in [0.1, 0.15) is 5.82 Å². The number of nitrogens with zero attached hydrogens (tertiary/aromatic N) is 4. The topological polar surface area (TPSA) is 59.0 Å². The number of alkyl halides is 3. The molecule has 1 aromatic carbocycles. The van der Waals surface area contributed by atoms with E-state index in [9.17, 15) is 22.4 Å². The van der Waals surface area contributed by atoms with E-state index in [1.807, 2.05) is 0 Å². The lowest BCUT2D eigenvalue weighted by Crippen LogP contribution is -2.48. The molecule has 1 aliphatic rings. The first kappa shape index (κ1) is 24.8. The lowest BCUT2D eigenvalue weighted by molar-refractivity contribution is -0.137. The average Bonchev–Trinajstić information content (AvgIpc) is 2.84. The number of hydrogen-bond donors (Lipinski definition) is 0. The highest BCUT2D eigenvalue weighted by atomic mass is 19.4. The summed E-state index contributed by atoms with van der Waals surface area (Å²) in [5, 5.41) is 0. The van der Waals surface area contributed by atoms with Crippen LogP contribution in [0.1, 0.15) is 53.4 Å². The minimum Gasteiger partial charge on any atom is -0.335 e. The Morgan fingerprint density at radius 2 is 1.86 bits per heavy atom. The molecule has 3 heterocycles. The van der Waals surface area contributed by atoms with Crippen molar-refractivity contribution in [2.24, 2.45) is 5.92 Å². The molecule has 35 heavy (non-hydrogen) atoms. The molecule has 0 aliphatic carbocycles. The number of aromatic nitrogens is 3. The molecule has 0 radical (unpaired) electrons. The number of rotatable bonds is 5. The fourth-order valence-corrected chi connectivity index (χ4v) is 4.71. The van der Waals surface area contributed by atoms with Crippen LogP contribution in [-0.2, 0) is 12.6 Å². The van der Waals surface area contributed by atoms with Crippen LogP contribution in [0.2, 0.25) is 0 Å². The molecule has 2 atom stereocenters. The third kappa shape index (κ3) is 5.33. The van der Waals surface area contributed by atoms with Crippen LogP contribution < -0.4 is 0 Å².